The molecule has 5 N–H and O–H groups in total. The van der Waals surface area contributed by atoms with Crippen molar-refractivity contribution in [3.8, 4) is 0 Å². The second-order valence-corrected chi connectivity index (χ2v) is 5.84. The van der Waals surface area contributed by atoms with Gasteiger partial charge in [0.05, 0.1) is 6.61 Å². The number of aliphatic hydroxyl groups excluding tert-OH is 4. The lowest BCUT2D eigenvalue weighted by Gasteiger charge is -2.16. The predicted octanol–water partition coefficient (Wildman–Crippen LogP) is 1.25. The van der Waals surface area contributed by atoms with Gasteiger partial charge >= 0.3 is 5.97 Å². The van der Waals surface area contributed by atoms with E-state index in [2.05, 4.69) is 6.92 Å². The molecule has 0 bridgehead atoms. The molecular formula is C17H34O7. The molecule has 0 aliphatic rings. The van der Waals surface area contributed by atoms with E-state index in [1.807, 2.05) is 0 Å². The van der Waals surface area contributed by atoms with Crippen molar-refractivity contribution >= 4 is 12.3 Å². The van der Waals surface area contributed by atoms with Crippen LogP contribution in [0.4, 0.5) is 0 Å². The summed E-state index contributed by atoms with van der Waals surface area (Å²) in [6.45, 7) is 1.54. The van der Waals surface area contributed by atoms with Gasteiger partial charge in [0.1, 0.15) is 18.3 Å². The minimum Gasteiger partial charge on any atom is -0.481 e. The zero-order chi connectivity index (χ0) is 18.8. The standard InChI is InChI=1S/C12H24O2.C5H10O5/c1-2-3-4-5-6-7-8-9-10-11-12(13)14;6-1-3(8)5(10)4(9)2-7/h2-11H2,1H3,(H,13,14);1,3-5,7-10H,2H2/t;3-,4+,5+/m.0/s1. The van der Waals surface area contributed by atoms with Gasteiger partial charge in [0, 0.05) is 6.42 Å². The molecule has 7 heteroatoms. The third-order valence-electron chi connectivity index (χ3n) is 3.56. The van der Waals surface area contributed by atoms with Crippen LogP contribution in [-0.2, 0) is 9.59 Å². The average molecular weight is 350 g/mol. The van der Waals surface area contributed by atoms with Crippen molar-refractivity contribution in [2.24, 2.45) is 0 Å². The Bertz CT molecular complexity index is 297. The maximum absolute atomic E-state index is 10.2. The first kappa shape index (κ1) is 25.2. The summed E-state index contributed by atoms with van der Waals surface area (Å²) >= 11 is 0. The summed E-state index contributed by atoms with van der Waals surface area (Å²) in [5, 5.41) is 42.5. The lowest BCUT2D eigenvalue weighted by molar-refractivity contribution is -0.137. The van der Waals surface area contributed by atoms with Crippen LogP contribution in [0, 0.1) is 0 Å². The minimum absolute atomic E-state index is 0.0869. The van der Waals surface area contributed by atoms with Gasteiger partial charge < -0.3 is 30.3 Å². The lowest BCUT2D eigenvalue weighted by Crippen LogP contribution is -2.40. The number of carbonyl (C=O) groups excluding carboxylic acids is 1. The molecular weight excluding hydrogens is 316 g/mol. The number of aliphatic carboxylic acids is 1. The number of rotatable bonds is 14. The topological polar surface area (TPSA) is 135 Å². The van der Waals surface area contributed by atoms with Crippen molar-refractivity contribution < 1.29 is 35.1 Å². The van der Waals surface area contributed by atoms with Crippen molar-refractivity contribution in [3.05, 3.63) is 0 Å². The number of hydrogen-bond acceptors (Lipinski definition) is 6. The molecule has 0 aromatic heterocycles. The van der Waals surface area contributed by atoms with Gasteiger partial charge in [-0.1, -0.05) is 58.3 Å². The van der Waals surface area contributed by atoms with Gasteiger partial charge in [0.2, 0.25) is 0 Å². The van der Waals surface area contributed by atoms with Crippen LogP contribution in [-0.4, -0.2) is 62.7 Å². The molecule has 0 aliphatic heterocycles. The SMILES string of the molecule is CCCCCCCCCCCC(=O)O.O=C[C@H](O)[C@@H](O)[C@H](O)CO. The molecule has 7 nitrogen and oxygen atoms in total. The van der Waals surface area contributed by atoms with Crippen LogP contribution in [0.2, 0.25) is 0 Å². The molecule has 0 fully saturated rings. The molecule has 0 saturated heterocycles. The highest BCUT2D eigenvalue weighted by Gasteiger charge is 2.22. The van der Waals surface area contributed by atoms with E-state index in [1.54, 1.807) is 0 Å². The van der Waals surface area contributed by atoms with Gasteiger partial charge in [0.25, 0.3) is 0 Å². The molecule has 3 atom stereocenters. The Balaban J connectivity index is 0. The summed E-state index contributed by atoms with van der Waals surface area (Å²) in [6.07, 6.45) is 6.85. The van der Waals surface area contributed by atoms with Gasteiger partial charge in [0.15, 0.2) is 6.29 Å². The maximum atomic E-state index is 10.2. The highest BCUT2D eigenvalue weighted by atomic mass is 16.4. The third kappa shape index (κ3) is 17.3. The van der Waals surface area contributed by atoms with E-state index in [-0.39, 0.29) is 6.29 Å². The molecule has 144 valence electrons. The Morgan fingerprint density at radius 2 is 1.38 bits per heavy atom. The van der Waals surface area contributed by atoms with Crippen molar-refractivity contribution in [3.63, 3.8) is 0 Å². The van der Waals surface area contributed by atoms with E-state index < -0.39 is 30.9 Å². The van der Waals surface area contributed by atoms with Crippen molar-refractivity contribution in [2.45, 2.75) is 89.4 Å². The summed E-state index contributed by atoms with van der Waals surface area (Å²) in [5.41, 5.74) is 0. The fourth-order valence-corrected chi connectivity index (χ4v) is 2.00. The molecule has 0 saturated carbocycles. The van der Waals surface area contributed by atoms with E-state index in [9.17, 15) is 9.59 Å². The summed E-state index contributed by atoms with van der Waals surface area (Å²) in [4.78, 5) is 20.0. The summed E-state index contributed by atoms with van der Waals surface area (Å²) in [6, 6.07) is 0. The Labute approximate surface area is 144 Å². The molecule has 0 radical (unpaired) electrons. The summed E-state index contributed by atoms with van der Waals surface area (Å²) in [5.74, 6) is -0.659. The molecule has 0 unspecified atom stereocenters. The van der Waals surface area contributed by atoms with Crippen LogP contribution in [0.25, 0.3) is 0 Å². The maximum Gasteiger partial charge on any atom is 0.303 e. The number of carbonyl (C=O) groups is 2. The first-order chi connectivity index (χ1) is 11.4. The molecule has 0 heterocycles. The van der Waals surface area contributed by atoms with Crippen LogP contribution in [0.15, 0.2) is 0 Å². The number of unbranched alkanes of at least 4 members (excludes halogenated alkanes) is 8. The smallest absolute Gasteiger partial charge is 0.303 e. The van der Waals surface area contributed by atoms with Gasteiger partial charge in [-0.3, -0.25) is 4.79 Å². The van der Waals surface area contributed by atoms with Crippen LogP contribution in [0.1, 0.15) is 71.1 Å². The molecule has 0 aromatic carbocycles. The first-order valence-corrected chi connectivity index (χ1v) is 8.72. The predicted molar refractivity (Wildman–Crippen MR) is 90.7 cm³/mol. The van der Waals surface area contributed by atoms with Crippen LogP contribution in [0.5, 0.6) is 0 Å². The second kappa shape index (κ2) is 18.3. The number of hydrogen-bond donors (Lipinski definition) is 5. The Morgan fingerprint density at radius 1 is 0.917 bits per heavy atom. The van der Waals surface area contributed by atoms with Gasteiger partial charge in [-0.05, 0) is 6.42 Å². The average Bonchev–Trinajstić information content (AvgIpc) is 2.58. The van der Waals surface area contributed by atoms with Gasteiger partial charge in [-0.15, -0.1) is 0 Å². The largest absolute Gasteiger partial charge is 0.481 e. The number of carboxylic acids is 1. The number of aliphatic hydroxyl groups is 4. The zero-order valence-electron chi connectivity index (χ0n) is 14.6. The van der Waals surface area contributed by atoms with E-state index in [0.29, 0.717) is 6.42 Å². The highest BCUT2D eigenvalue weighted by molar-refractivity contribution is 5.66. The van der Waals surface area contributed by atoms with Crippen LogP contribution >= 0.6 is 0 Å². The molecule has 0 amide bonds. The number of carboxylic acid groups (broad SMARTS) is 1. The zero-order valence-corrected chi connectivity index (χ0v) is 14.6. The summed E-state index contributed by atoms with van der Waals surface area (Å²) < 4.78 is 0. The Morgan fingerprint density at radius 3 is 1.75 bits per heavy atom. The van der Waals surface area contributed by atoms with E-state index in [1.165, 1.54) is 44.9 Å². The minimum atomic E-state index is -1.64. The molecule has 0 aliphatic carbocycles. The first-order valence-electron chi connectivity index (χ1n) is 8.72. The van der Waals surface area contributed by atoms with E-state index >= 15 is 0 Å². The summed E-state index contributed by atoms with van der Waals surface area (Å²) in [7, 11) is 0. The van der Waals surface area contributed by atoms with Crippen molar-refractivity contribution in [1.29, 1.82) is 0 Å². The highest BCUT2D eigenvalue weighted by Crippen LogP contribution is 2.10. The lowest BCUT2D eigenvalue weighted by atomic mass is 10.1. The normalized spacial score (nSPS) is 14.2. The fraction of sp³-hybridized carbons (Fsp3) is 0.882. The number of aldehydes is 1. The van der Waals surface area contributed by atoms with Crippen molar-refractivity contribution in [2.75, 3.05) is 6.61 Å². The van der Waals surface area contributed by atoms with E-state index in [0.717, 1.165) is 12.8 Å². The molecule has 24 heavy (non-hydrogen) atoms. The third-order valence-corrected chi connectivity index (χ3v) is 3.56. The Hall–Kier alpha value is -1.02. The Kier molecular flexibility index (Phi) is 19.3. The van der Waals surface area contributed by atoms with Crippen molar-refractivity contribution in [1.82, 2.24) is 0 Å². The quantitative estimate of drug-likeness (QED) is 0.235. The fourth-order valence-electron chi connectivity index (χ4n) is 2.00. The molecule has 0 spiro atoms. The van der Waals surface area contributed by atoms with Gasteiger partial charge in [-0.25, -0.2) is 0 Å². The molecule has 0 rings (SSSR count). The monoisotopic (exact) mass is 350 g/mol. The van der Waals surface area contributed by atoms with Crippen LogP contribution in [0.3, 0.4) is 0 Å². The van der Waals surface area contributed by atoms with Gasteiger partial charge in [-0.2, -0.15) is 0 Å². The van der Waals surface area contributed by atoms with Crippen LogP contribution < -0.4 is 0 Å². The van der Waals surface area contributed by atoms with E-state index in [4.69, 9.17) is 25.5 Å². The molecule has 0 aromatic rings. The second-order valence-electron chi connectivity index (χ2n) is 5.84.